The molecule has 8 rings (SSSR count). The van der Waals surface area contributed by atoms with Crippen LogP contribution in [0, 0.1) is 20.8 Å². The van der Waals surface area contributed by atoms with Crippen molar-refractivity contribution >= 4 is 52.3 Å². The number of hydrogen-bond donors (Lipinski definition) is 2. The fourth-order valence-corrected chi connectivity index (χ4v) is 13.0. The molecule has 2 aliphatic rings. The van der Waals surface area contributed by atoms with Crippen LogP contribution >= 0.6 is 22.9 Å². The Morgan fingerprint density at radius 1 is 0.640 bits per heavy atom. The zero-order valence-electron chi connectivity index (χ0n) is 58.9. The molecule has 544 valence electrons. The predicted octanol–water partition coefficient (Wildman–Crippen LogP) is 9.45. The number of rotatable bonds is 44. The van der Waals surface area contributed by atoms with Gasteiger partial charge in [0.15, 0.2) is 35.4 Å². The number of carbonyl (C=O) groups excluding carboxylic acids is 4. The highest BCUT2D eigenvalue weighted by atomic mass is 35.5. The second kappa shape index (κ2) is 41.1. The summed E-state index contributed by atoms with van der Waals surface area (Å²) in [5, 5.41) is 16.3. The van der Waals surface area contributed by atoms with E-state index in [0.29, 0.717) is 181 Å². The number of ether oxygens (including phenoxy) is 14. The molecule has 4 atom stereocenters. The number of fused-ring (bicyclic) bond motifs is 3. The van der Waals surface area contributed by atoms with E-state index in [1.807, 2.05) is 66.9 Å². The Balaban J connectivity index is 0.643. The van der Waals surface area contributed by atoms with Crippen LogP contribution < -0.4 is 39.1 Å². The Labute approximate surface area is 594 Å². The molecule has 0 aliphatic carbocycles. The number of esters is 1. The fraction of sp³-hybridized carbons (Fsp3) is 0.521. The SMILES string of the molecule is CC[C@H](C(=O)N1CCCC[C@H]1C(=O)O[C@H](CCc1ccc(OC)c(OC)c1)c1cccc(OCC(=O)NCCOCCOCCOCCOCCOCCOCCOCCNC(=O)C[C@@H]2N=C(c3ccc(Cl)cc3)c3c(sc(C)c3C)-n3c(C)nnc32)c1)c1cc(OC)c(OC)c(OC)c1. The van der Waals surface area contributed by atoms with Crippen molar-refractivity contribution in [3.63, 3.8) is 0 Å². The quantitative estimate of drug-likeness (QED) is 0.0266. The number of piperidine rings is 1. The number of hydrogen-bond acceptors (Lipinski definition) is 22. The summed E-state index contributed by atoms with van der Waals surface area (Å²) < 4.78 is 81.6. The molecule has 0 unspecified atom stereocenters. The van der Waals surface area contributed by atoms with Gasteiger partial charge in [-0.3, -0.25) is 23.9 Å². The van der Waals surface area contributed by atoms with Gasteiger partial charge in [-0.05, 0) is 130 Å². The van der Waals surface area contributed by atoms with Gasteiger partial charge in [-0.1, -0.05) is 48.9 Å². The fourth-order valence-electron chi connectivity index (χ4n) is 11.7. The van der Waals surface area contributed by atoms with Crippen LogP contribution in [0.1, 0.15) is 113 Å². The highest BCUT2D eigenvalue weighted by Gasteiger charge is 2.39. The molecule has 0 spiro atoms. The number of nitrogens with zero attached hydrogens (tertiary/aromatic N) is 5. The summed E-state index contributed by atoms with van der Waals surface area (Å²) in [5.41, 5.74) is 6.12. The Kier molecular flexibility index (Phi) is 32.0. The third-order valence-corrected chi connectivity index (χ3v) is 18.4. The van der Waals surface area contributed by atoms with E-state index >= 15 is 0 Å². The lowest BCUT2D eigenvalue weighted by atomic mass is 9.91. The summed E-state index contributed by atoms with van der Waals surface area (Å²) in [6.45, 7) is 14.0. The Hall–Kier alpha value is -7.92. The lowest BCUT2D eigenvalue weighted by molar-refractivity contribution is -0.162. The number of carbonyl (C=O) groups is 4. The second-order valence-electron chi connectivity index (χ2n) is 23.6. The van der Waals surface area contributed by atoms with Crippen LogP contribution in [0.5, 0.6) is 34.5 Å². The lowest BCUT2D eigenvalue weighted by Gasteiger charge is -2.37. The molecule has 2 aliphatic heterocycles. The summed E-state index contributed by atoms with van der Waals surface area (Å²) in [4.78, 5) is 63.2. The highest BCUT2D eigenvalue weighted by Crippen LogP contribution is 2.43. The van der Waals surface area contributed by atoms with E-state index in [2.05, 4.69) is 34.7 Å². The van der Waals surface area contributed by atoms with E-state index < -0.39 is 30.1 Å². The van der Waals surface area contributed by atoms with E-state index in [0.717, 1.165) is 51.6 Å². The summed E-state index contributed by atoms with van der Waals surface area (Å²) >= 11 is 7.91. The van der Waals surface area contributed by atoms with E-state index in [9.17, 15) is 19.2 Å². The van der Waals surface area contributed by atoms with Gasteiger partial charge in [-0.2, -0.15) is 0 Å². The van der Waals surface area contributed by atoms with Gasteiger partial charge in [-0.25, -0.2) is 4.79 Å². The molecule has 0 radical (unpaired) electrons. The van der Waals surface area contributed by atoms with E-state index in [4.69, 9.17) is 82.9 Å². The monoisotopic (exact) mass is 1430 g/mol. The zero-order valence-corrected chi connectivity index (χ0v) is 60.4. The average molecular weight is 1430 g/mol. The van der Waals surface area contributed by atoms with Crippen LogP contribution in [-0.4, -0.2) is 209 Å². The number of thiophene rings is 1. The Morgan fingerprint density at radius 3 is 1.81 bits per heavy atom. The van der Waals surface area contributed by atoms with Crippen molar-refractivity contribution in [2.75, 3.05) is 154 Å². The Morgan fingerprint density at radius 2 is 1.23 bits per heavy atom. The molecule has 0 bridgehead atoms. The lowest BCUT2D eigenvalue weighted by Crippen LogP contribution is -2.50. The van der Waals surface area contributed by atoms with Crippen molar-refractivity contribution in [1.82, 2.24) is 30.3 Å². The van der Waals surface area contributed by atoms with Gasteiger partial charge in [0, 0.05) is 40.7 Å². The van der Waals surface area contributed by atoms with Crippen LogP contribution in [0.25, 0.3) is 5.00 Å². The number of aryl methyl sites for hydroxylation is 3. The van der Waals surface area contributed by atoms with Gasteiger partial charge >= 0.3 is 5.97 Å². The van der Waals surface area contributed by atoms with Crippen molar-refractivity contribution in [3.05, 3.63) is 134 Å². The first kappa shape index (κ1) is 77.8. The molecule has 6 aromatic rings. The maximum atomic E-state index is 14.6. The van der Waals surface area contributed by atoms with Gasteiger partial charge in [0.2, 0.25) is 17.6 Å². The van der Waals surface area contributed by atoms with Gasteiger partial charge in [-0.15, -0.1) is 21.5 Å². The van der Waals surface area contributed by atoms with Gasteiger partial charge in [0.25, 0.3) is 5.91 Å². The third kappa shape index (κ3) is 22.3. The number of methoxy groups -OCH3 is 5. The molecule has 0 saturated carbocycles. The standard InChI is InChI=1S/C73H96ClN7O18S/c1-10-57(54-44-63(88-7)69(90-9)64(45-54)89-8)71(84)80-27-12-11-16-59(80)73(85)99-60(23-17-51-18-24-61(86-5)62(42-51)87-6)53-14-13-15-56(43-53)98-47-66(83)76-26-29-92-31-33-94-35-37-96-39-41-97-40-38-95-36-34-93-32-30-91-28-25-75-65(82)46-58-70-79-78-50(4)81(70)72-67(48(2)49(3)100-72)68(77-58)52-19-21-55(74)22-20-52/h13-15,18-22,24,42-45,57-60H,10-12,16-17,23,25-41,46-47H2,1-9H3,(H,75,82)(H,76,83)/t57-,58-,59-,60+/m0/s1. The molecule has 3 amide bonds. The molecular formula is C73H96ClN7O18S. The average Bonchev–Trinajstić information content (AvgIpc) is 1.58. The minimum atomic E-state index is -0.818. The number of aliphatic imine (C=N–C) groups is 1. The van der Waals surface area contributed by atoms with E-state index in [-0.39, 0.29) is 43.9 Å². The molecular weight excluding hydrogens is 1330 g/mol. The largest absolute Gasteiger partial charge is 0.493 e. The molecule has 4 aromatic carbocycles. The maximum Gasteiger partial charge on any atom is 0.329 e. The summed E-state index contributed by atoms with van der Waals surface area (Å²) in [7, 11) is 7.73. The summed E-state index contributed by atoms with van der Waals surface area (Å²) in [6.07, 6.45) is 2.62. The first-order chi connectivity index (χ1) is 48.7. The van der Waals surface area contributed by atoms with Crippen molar-refractivity contribution in [2.45, 2.75) is 96.7 Å². The van der Waals surface area contributed by atoms with Crippen LogP contribution in [0.4, 0.5) is 0 Å². The molecule has 100 heavy (non-hydrogen) atoms. The predicted molar refractivity (Wildman–Crippen MR) is 377 cm³/mol. The van der Waals surface area contributed by atoms with E-state index in [1.165, 1.54) is 26.2 Å². The number of aromatic nitrogens is 3. The molecule has 27 heteroatoms. The molecule has 2 aromatic heterocycles. The smallest absolute Gasteiger partial charge is 0.329 e. The molecule has 2 N–H and O–H groups in total. The number of nitrogens with one attached hydrogen (secondary N) is 2. The number of halogens is 1. The molecule has 1 saturated heterocycles. The minimum absolute atomic E-state index is 0.0899. The van der Waals surface area contributed by atoms with Gasteiger partial charge in [0.05, 0.1) is 146 Å². The first-order valence-electron chi connectivity index (χ1n) is 33.9. The first-order valence-corrected chi connectivity index (χ1v) is 35.1. The number of benzene rings is 4. The highest BCUT2D eigenvalue weighted by molar-refractivity contribution is 7.15. The second-order valence-corrected chi connectivity index (χ2v) is 25.2. The topological polar surface area (TPSA) is 268 Å². The normalized spacial score (nSPS) is 14.8. The van der Waals surface area contributed by atoms with E-state index in [1.54, 1.807) is 60.8 Å². The van der Waals surface area contributed by atoms with Crippen molar-refractivity contribution in [1.29, 1.82) is 0 Å². The van der Waals surface area contributed by atoms with Crippen LogP contribution in [0.3, 0.4) is 0 Å². The van der Waals surface area contributed by atoms with Crippen LogP contribution in [0.2, 0.25) is 5.02 Å². The molecule has 25 nitrogen and oxygen atoms in total. The number of amides is 3. The Bertz CT molecular complexity index is 3580. The zero-order chi connectivity index (χ0) is 71.2. The number of likely N-dealkylation sites (tertiary alicyclic amines) is 1. The molecule has 1 fully saturated rings. The van der Waals surface area contributed by atoms with Crippen LogP contribution in [-0.2, 0) is 63.5 Å². The minimum Gasteiger partial charge on any atom is -0.493 e. The van der Waals surface area contributed by atoms with Crippen LogP contribution in [0.15, 0.2) is 83.9 Å². The van der Waals surface area contributed by atoms with Crippen molar-refractivity contribution in [2.24, 2.45) is 4.99 Å². The summed E-state index contributed by atoms with van der Waals surface area (Å²) in [5.74, 6) is 2.40. The molecule has 4 heterocycles. The van der Waals surface area contributed by atoms with Crippen molar-refractivity contribution < 1.29 is 85.5 Å². The summed E-state index contributed by atoms with van der Waals surface area (Å²) in [6, 6.07) is 22.6. The van der Waals surface area contributed by atoms with Gasteiger partial charge in [0.1, 0.15) is 34.8 Å². The van der Waals surface area contributed by atoms with Gasteiger partial charge < -0.3 is 81.8 Å². The maximum absolute atomic E-state index is 14.6. The van der Waals surface area contributed by atoms with Crippen molar-refractivity contribution in [3.8, 4) is 39.5 Å². The third-order valence-electron chi connectivity index (χ3n) is 17.0.